The second kappa shape index (κ2) is 8.14. The van der Waals surface area contributed by atoms with Gasteiger partial charge in [-0.15, -0.1) is 24.0 Å². The monoisotopic (exact) mass is 493 g/mol. The number of nitrogens with zero attached hydrogens (tertiary/aromatic N) is 1. The number of guanidine groups is 1. The highest BCUT2D eigenvalue weighted by molar-refractivity contribution is 14.0. The van der Waals surface area contributed by atoms with Crippen LogP contribution in [0.25, 0.3) is 0 Å². The van der Waals surface area contributed by atoms with Gasteiger partial charge in [0.25, 0.3) is 0 Å². The summed E-state index contributed by atoms with van der Waals surface area (Å²) >= 11 is 3.18. The van der Waals surface area contributed by atoms with Crippen LogP contribution in [-0.2, 0) is 6.54 Å². The van der Waals surface area contributed by atoms with Crippen LogP contribution >= 0.6 is 39.9 Å². The summed E-state index contributed by atoms with van der Waals surface area (Å²) in [5.41, 5.74) is 1.01. The van der Waals surface area contributed by atoms with Crippen LogP contribution in [0.1, 0.15) is 23.7 Å². The molecule has 2 N–H and O–H groups in total. The van der Waals surface area contributed by atoms with Gasteiger partial charge < -0.3 is 15.1 Å². The highest BCUT2D eigenvalue weighted by atomic mass is 127. The molecule has 1 saturated carbocycles. The number of hydrogen-bond donors (Lipinski definition) is 2. The fourth-order valence-corrected chi connectivity index (χ4v) is 2.67. The Labute approximate surface area is 160 Å². The van der Waals surface area contributed by atoms with Crippen LogP contribution in [0.15, 0.2) is 50.5 Å². The molecule has 1 aromatic heterocycles. The standard InChI is InChI=1S/C16H17BrFN3O.HI/c1-19-16(20-9-11-3-2-6-22-11)21-15-8-12(15)10-4-5-13(17)14(18)7-10;/h2-7,12,15H,8-9H2,1H3,(H2,19,20,21);1H/t12-,15+;/m0./s1. The Hall–Kier alpha value is -1.09. The Balaban J connectivity index is 0.00000192. The molecule has 1 fully saturated rings. The average molecular weight is 494 g/mol. The van der Waals surface area contributed by atoms with Crippen molar-refractivity contribution in [3.63, 3.8) is 0 Å². The molecule has 2 aromatic rings. The molecular weight excluding hydrogens is 476 g/mol. The molecule has 1 aliphatic carbocycles. The van der Waals surface area contributed by atoms with E-state index < -0.39 is 0 Å². The molecule has 0 spiro atoms. The zero-order valence-corrected chi connectivity index (χ0v) is 16.5. The van der Waals surface area contributed by atoms with Gasteiger partial charge in [-0.2, -0.15) is 0 Å². The van der Waals surface area contributed by atoms with Crippen LogP contribution in [0.3, 0.4) is 0 Å². The average Bonchev–Trinajstić information content (AvgIpc) is 3.08. The highest BCUT2D eigenvalue weighted by Crippen LogP contribution is 2.41. The smallest absolute Gasteiger partial charge is 0.191 e. The second-order valence-corrected chi connectivity index (χ2v) is 6.13. The van der Waals surface area contributed by atoms with Gasteiger partial charge in [-0.1, -0.05) is 6.07 Å². The van der Waals surface area contributed by atoms with Crippen LogP contribution in [0.2, 0.25) is 0 Å². The zero-order chi connectivity index (χ0) is 15.5. The topological polar surface area (TPSA) is 49.6 Å². The third kappa shape index (κ3) is 4.69. The van der Waals surface area contributed by atoms with Gasteiger partial charge in [0.1, 0.15) is 11.6 Å². The number of aliphatic imine (C=N–C) groups is 1. The molecule has 0 aliphatic heterocycles. The number of halogens is 3. The van der Waals surface area contributed by atoms with Crippen LogP contribution in [0.4, 0.5) is 4.39 Å². The van der Waals surface area contributed by atoms with Crippen molar-refractivity contribution in [1.29, 1.82) is 0 Å². The third-order valence-corrected chi connectivity index (χ3v) is 4.36. The second-order valence-electron chi connectivity index (χ2n) is 5.27. The number of hydrogen-bond acceptors (Lipinski definition) is 2. The summed E-state index contributed by atoms with van der Waals surface area (Å²) in [6.45, 7) is 0.580. The minimum atomic E-state index is -0.219. The summed E-state index contributed by atoms with van der Waals surface area (Å²) in [6, 6.07) is 9.35. The molecular formula is C16H18BrFIN3O. The molecule has 124 valence electrons. The van der Waals surface area contributed by atoms with Crippen molar-refractivity contribution >= 4 is 45.9 Å². The fraction of sp³-hybridized carbons (Fsp3) is 0.312. The normalized spacial score (nSPS) is 19.9. The van der Waals surface area contributed by atoms with Gasteiger partial charge in [-0.05, 0) is 52.2 Å². The summed E-state index contributed by atoms with van der Waals surface area (Å²) in [6.07, 6.45) is 2.62. The van der Waals surface area contributed by atoms with Gasteiger partial charge in [0.15, 0.2) is 5.96 Å². The van der Waals surface area contributed by atoms with E-state index in [1.807, 2.05) is 18.2 Å². The van der Waals surface area contributed by atoms with Crippen LogP contribution in [0.5, 0.6) is 0 Å². The van der Waals surface area contributed by atoms with E-state index in [0.29, 0.717) is 16.9 Å². The first kappa shape index (κ1) is 18.3. The lowest BCUT2D eigenvalue weighted by atomic mass is 10.1. The maximum Gasteiger partial charge on any atom is 0.191 e. The Morgan fingerprint density at radius 3 is 2.91 bits per heavy atom. The summed E-state index contributed by atoms with van der Waals surface area (Å²) in [5.74, 6) is 1.68. The lowest BCUT2D eigenvalue weighted by molar-refractivity contribution is 0.501. The first-order valence-electron chi connectivity index (χ1n) is 7.12. The molecule has 0 unspecified atom stereocenters. The predicted molar refractivity (Wildman–Crippen MR) is 103 cm³/mol. The molecule has 1 aromatic carbocycles. The maximum atomic E-state index is 13.6. The Morgan fingerprint density at radius 1 is 1.43 bits per heavy atom. The van der Waals surface area contributed by atoms with Gasteiger partial charge in [0.05, 0.1) is 17.3 Å². The van der Waals surface area contributed by atoms with E-state index in [4.69, 9.17) is 4.42 Å². The summed E-state index contributed by atoms with van der Waals surface area (Å²) in [4.78, 5) is 4.20. The molecule has 23 heavy (non-hydrogen) atoms. The van der Waals surface area contributed by atoms with Gasteiger partial charge in [0, 0.05) is 19.0 Å². The molecule has 0 saturated heterocycles. The molecule has 3 rings (SSSR count). The minimum Gasteiger partial charge on any atom is -0.467 e. The molecule has 1 heterocycles. The first-order chi connectivity index (χ1) is 10.7. The van der Waals surface area contributed by atoms with E-state index in [1.54, 1.807) is 25.4 Å². The van der Waals surface area contributed by atoms with Crippen molar-refractivity contribution < 1.29 is 8.81 Å². The number of nitrogens with one attached hydrogen (secondary N) is 2. The number of furan rings is 1. The lowest BCUT2D eigenvalue weighted by Crippen LogP contribution is -2.38. The first-order valence-corrected chi connectivity index (χ1v) is 7.91. The summed E-state index contributed by atoms with van der Waals surface area (Å²) < 4.78 is 19.4. The Bertz CT molecular complexity index is 678. The van der Waals surface area contributed by atoms with Crippen molar-refractivity contribution in [2.75, 3.05) is 7.05 Å². The quantitative estimate of drug-likeness (QED) is 0.384. The van der Waals surface area contributed by atoms with Crippen molar-refractivity contribution in [2.24, 2.45) is 4.99 Å². The van der Waals surface area contributed by atoms with Gasteiger partial charge in [-0.3, -0.25) is 4.99 Å². The van der Waals surface area contributed by atoms with E-state index in [-0.39, 0.29) is 35.8 Å². The largest absolute Gasteiger partial charge is 0.467 e. The molecule has 0 radical (unpaired) electrons. The SMILES string of the molecule is CN=C(NCc1ccco1)N[C@@H]1C[C@H]1c1ccc(Br)c(F)c1.I. The molecule has 2 atom stereocenters. The molecule has 0 bridgehead atoms. The van der Waals surface area contributed by atoms with E-state index >= 15 is 0 Å². The maximum absolute atomic E-state index is 13.6. The molecule has 7 heteroatoms. The molecule has 4 nitrogen and oxygen atoms in total. The van der Waals surface area contributed by atoms with E-state index in [9.17, 15) is 4.39 Å². The van der Waals surface area contributed by atoms with Crippen LogP contribution in [0, 0.1) is 5.82 Å². The van der Waals surface area contributed by atoms with Crippen LogP contribution < -0.4 is 10.6 Å². The van der Waals surface area contributed by atoms with Crippen molar-refractivity contribution in [3.05, 3.63) is 58.2 Å². The minimum absolute atomic E-state index is 0. The van der Waals surface area contributed by atoms with Crippen LogP contribution in [-0.4, -0.2) is 19.0 Å². The number of rotatable bonds is 4. The highest BCUT2D eigenvalue weighted by Gasteiger charge is 2.39. The Morgan fingerprint density at radius 2 is 2.26 bits per heavy atom. The van der Waals surface area contributed by atoms with E-state index in [0.717, 1.165) is 23.7 Å². The third-order valence-electron chi connectivity index (χ3n) is 3.72. The van der Waals surface area contributed by atoms with E-state index in [1.165, 1.54) is 0 Å². The van der Waals surface area contributed by atoms with E-state index in [2.05, 4.69) is 31.6 Å². The van der Waals surface area contributed by atoms with Gasteiger partial charge in [0.2, 0.25) is 0 Å². The van der Waals surface area contributed by atoms with Crippen molar-refractivity contribution in [3.8, 4) is 0 Å². The predicted octanol–water partition coefficient (Wildman–Crippen LogP) is 4.02. The Kier molecular flexibility index (Phi) is 6.46. The van der Waals surface area contributed by atoms with Gasteiger partial charge >= 0.3 is 0 Å². The molecule has 1 aliphatic rings. The zero-order valence-electron chi connectivity index (χ0n) is 12.6. The fourth-order valence-electron chi connectivity index (χ4n) is 2.42. The molecule has 0 amide bonds. The lowest BCUT2D eigenvalue weighted by Gasteiger charge is -2.11. The van der Waals surface area contributed by atoms with Crippen molar-refractivity contribution in [1.82, 2.24) is 10.6 Å². The number of benzene rings is 1. The summed E-state index contributed by atoms with van der Waals surface area (Å²) in [7, 11) is 1.73. The van der Waals surface area contributed by atoms with Gasteiger partial charge in [-0.25, -0.2) is 4.39 Å². The van der Waals surface area contributed by atoms with Crippen molar-refractivity contribution in [2.45, 2.75) is 24.9 Å². The summed E-state index contributed by atoms with van der Waals surface area (Å²) in [5, 5.41) is 6.55.